The predicted molar refractivity (Wildman–Crippen MR) is 95.2 cm³/mol. The molecule has 126 valence electrons. The number of nitrogens with one attached hydrogen (secondary N) is 1. The maximum absolute atomic E-state index is 12.5. The Morgan fingerprint density at radius 1 is 1.33 bits per heavy atom. The van der Waals surface area contributed by atoms with Crippen molar-refractivity contribution < 1.29 is 9.53 Å². The number of carbonyl (C=O) groups excluding carboxylic acids is 1. The van der Waals surface area contributed by atoms with Crippen molar-refractivity contribution in [3.8, 4) is 6.01 Å². The number of nitrogens with zero attached hydrogens (tertiary/aromatic N) is 3. The molecule has 1 atom stereocenters. The van der Waals surface area contributed by atoms with E-state index in [1.807, 2.05) is 31.2 Å². The van der Waals surface area contributed by atoms with Gasteiger partial charge in [0.25, 0.3) is 0 Å². The van der Waals surface area contributed by atoms with Crippen LogP contribution in [0.25, 0.3) is 0 Å². The molecule has 1 saturated heterocycles. The van der Waals surface area contributed by atoms with Gasteiger partial charge in [-0.1, -0.05) is 18.2 Å². The van der Waals surface area contributed by atoms with Crippen LogP contribution in [-0.4, -0.2) is 40.1 Å². The Bertz CT molecular complexity index is 708. The lowest BCUT2D eigenvalue weighted by atomic mass is 10.1. The van der Waals surface area contributed by atoms with E-state index in [1.165, 1.54) is 0 Å². The molecule has 0 radical (unpaired) electrons. The highest BCUT2D eigenvalue weighted by Gasteiger charge is 2.25. The van der Waals surface area contributed by atoms with Crippen LogP contribution in [0, 0.1) is 6.92 Å². The van der Waals surface area contributed by atoms with Gasteiger partial charge in [-0.3, -0.25) is 0 Å². The number of anilines is 1. The number of para-hydroxylation sites is 1. The van der Waals surface area contributed by atoms with Crippen LogP contribution in [0.2, 0.25) is 0 Å². The highest BCUT2D eigenvalue weighted by atomic mass is 79.9. The quantitative estimate of drug-likeness (QED) is 0.868. The lowest BCUT2D eigenvalue weighted by Crippen LogP contribution is -2.46. The average molecular weight is 391 g/mol. The molecule has 1 fully saturated rings. The number of benzene rings is 1. The van der Waals surface area contributed by atoms with Crippen molar-refractivity contribution in [3.05, 3.63) is 46.7 Å². The van der Waals surface area contributed by atoms with Crippen LogP contribution in [0.5, 0.6) is 6.01 Å². The summed E-state index contributed by atoms with van der Waals surface area (Å²) in [5.74, 6) is 0. The molecule has 0 aliphatic carbocycles. The van der Waals surface area contributed by atoms with Gasteiger partial charge in [-0.15, -0.1) is 0 Å². The zero-order valence-electron chi connectivity index (χ0n) is 13.4. The Labute approximate surface area is 149 Å². The summed E-state index contributed by atoms with van der Waals surface area (Å²) >= 11 is 3.29. The number of halogens is 1. The van der Waals surface area contributed by atoms with Crippen LogP contribution in [0.3, 0.4) is 0 Å². The monoisotopic (exact) mass is 390 g/mol. The minimum absolute atomic E-state index is 0.0949. The van der Waals surface area contributed by atoms with E-state index in [0.29, 0.717) is 12.6 Å². The van der Waals surface area contributed by atoms with E-state index in [0.717, 1.165) is 35.1 Å². The first-order valence-corrected chi connectivity index (χ1v) is 8.67. The molecule has 2 aromatic rings. The van der Waals surface area contributed by atoms with Gasteiger partial charge in [0.2, 0.25) is 0 Å². The van der Waals surface area contributed by atoms with Crippen LogP contribution in [0.15, 0.2) is 41.1 Å². The fraction of sp³-hybridized carbons (Fsp3) is 0.353. The predicted octanol–water partition coefficient (Wildman–Crippen LogP) is 3.62. The second-order valence-corrected chi connectivity index (χ2v) is 6.67. The summed E-state index contributed by atoms with van der Waals surface area (Å²) in [5.41, 5.74) is 1.88. The maximum atomic E-state index is 12.5. The Balaban J connectivity index is 1.59. The van der Waals surface area contributed by atoms with Crippen molar-refractivity contribution in [1.29, 1.82) is 0 Å². The molecule has 1 aromatic heterocycles. The third-order valence-corrected chi connectivity index (χ3v) is 4.33. The summed E-state index contributed by atoms with van der Waals surface area (Å²) < 4.78 is 6.60. The van der Waals surface area contributed by atoms with Crippen LogP contribution < -0.4 is 10.1 Å². The van der Waals surface area contributed by atoms with Gasteiger partial charge in [0.15, 0.2) is 0 Å². The third-order valence-electron chi connectivity index (χ3n) is 3.92. The SMILES string of the molecule is Cc1ccccc1NC(=O)N1CCC[C@@H](Oc2ncc(Br)cn2)C1. The Morgan fingerprint density at radius 2 is 2.08 bits per heavy atom. The summed E-state index contributed by atoms with van der Waals surface area (Å²) in [6, 6.07) is 7.98. The number of amides is 2. The van der Waals surface area contributed by atoms with Crippen molar-refractivity contribution in [2.45, 2.75) is 25.9 Å². The Morgan fingerprint density at radius 3 is 2.83 bits per heavy atom. The van der Waals surface area contributed by atoms with Crippen molar-refractivity contribution in [2.24, 2.45) is 0 Å². The van der Waals surface area contributed by atoms with Crippen molar-refractivity contribution in [1.82, 2.24) is 14.9 Å². The molecule has 2 amide bonds. The molecule has 1 aliphatic rings. The molecular weight excluding hydrogens is 372 g/mol. The lowest BCUT2D eigenvalue weighted by molar-refractivity contribution is 0.0982. The first-order valence-electron chi connectivity index (χ1n) is 7.87. The lowest BCUT2D eigenvalue weighted by Gasteiger charge is -2.32. The third kappa shape index (κ3) is 4.23. The highest BCUT2D eigenvalue weighted by molar-refractivity contribution is 9.10. The molecule has 24 heavy (non-hydrogen) atoms. The standard InChI is InChI=1S/C17H19BrN4O2/c1-12-5-2-3-7-15(12)21-17(23)22-8-4-6-14(11-22)24-16-19-9-13(18)10-20-16/h2-3,5,7,9-10,14H,4,6,8,11H2,1H3,(H,21,23)/t14-/m1/s1. The van der Waals surface area contributed by atoms with Crippen LogP contribution in [0.1, 0.15) is 18.4 Å². The molecule has 1 aliphatic heterocycles. The van der Waals surface area contributed by atoms with E-state index >= 15 is 0 Å². The zero-order chi connectivity index (χ0) is 16.9. The minimum Gasteiger partial charge on any atom is -0.458 e. The number of urea groups is 1. The molecule has 7 heteroatoms. The van der Waals surface area contributed by atoms with Crippen molar-refractivity contribution in [3.63, 3.8) is 0 Å². The second kappa shape index (κ2) is 7.61. The van der Waals surface area contributed by atoms with Gasteiger partial charge >= 0.3 is 12.0 Å². The smallest absolute Gasteiger partial charge is 0.321 e. The van der Waals surface area contributed by atoms with Gasteiger partial charge in [0.1, 0.15) is 6.10 Å². The first-order chi connectivity index (χ1) is 11.6. The molecule has 0 bridgehead atoms. The van der Waals surface area contributed by atoms with Gasteiger partial charge in [-0.05, 0) is 47.3 Å². The summed E-state index contributed by atoms with van der Waals surface area (Å²) in [5, 5.41) is 2.97. The maximum Gasteiger partial charge on any atom is 0.321 e. The fourth-order valence-corrected chi connectivity index (χ4v) is 2.84. The van der Waals surface area contributed by atoms with Crippen LogP contribution >= 0.6 is 15.9 Å². The summed E-state index contributed by atoms with van der Waals surface area (Å²) in [6.45, 7) is 3.22. The van der Waals surface area contributed by atoms with Gasteiger partial charge < -0.3 is 15.0 Å². The zero-order valence-corrected chi connectivity index (χ0v) is 15.0. The molecule has 6 nitrogen and oxygen atoms in total. The topological polar surface area (TPSA) is 67.4 Å². The van der Waals surface area contributed by atoms with Crippen molar-refractivity contribution in [2.75, 3.05) is 18.4 Å². The molecule has 0 saturated carbocycles. The number of aromatic nitrogens is 2. The molecule has 0 unspecified atom stereocenters. The number of hydrogen-bond acceptors (Lipinski definition) is 4. The number of piperidine rings is 1. The first kappa shape index (κ1) is 16.7. The number of likely N-dealkylation sites (tertiary alicyclic amines) is 1. The van der Waals surface area contributed by atoms with Crippen LogP contribution in [0.4, 0.5) is 10.5 Å². The van der Waals surface area contributed by atoms with E-state index in [9.17, 15) is 4.79 Å². The van der Waals surface area contributed by atoms with Crippen molar-refractivity contribution >= 4 is 27.6 Å². The Kier molecular flexibility index (Phi) is 5.30. The van der Waals surface area contributed by atoms with E-state index in [2.05, 4.69) is 31.2 Å². The Hall–Kier alpha value is -2.15. The van der Waals surface area contributed by atoms with Gasteiger partial charge in [0, 0.05) is 24.6 Å². The fourth-order valence-electron chi connectivity index (χ4n) is 2.64. The number of carbonyl (C=O) groups is 1. The minimum atomic E-state index is -0.102. The molecule has 1 aromatic carbocycles. The molecule has 3 rings (SSSR count). The van der Waals surface area contributed by atoms with E-state index in [1.54, 1.807) is 17.3 Å². The van der Waals surface area contributed by atoms with Gasteiger partial charge in [-0.2, -0.15) is 0 Å². The summed E-state index contributed by atoms with van der Waals surface area (Å²) in [6.07, 6.45) is 4.97. The average Bonchev–Trinajstić information content (AvgIpc) is 2.59. The van der Waals surface area contributed by atoms with E-state index < -0.39 is 0 Å². The number of hydrogen-bond donors (Lipinski definition) is 1. The van der Waals surface area contributed by atoms with Gasteiger partial charge in [-0.25, -0.2) is 14.8 Å². The summed E-state index contributed by atoms with van der Waals surface area (Å²) in [4.78, 5) is 22.5. The van der Waals surface area contributed by atoms with E-state index in [4.69, 9.17) is 4.74 Å². The van der Waals surface area contributed by atoms with Crippen LogP contribution in [-0.2, 0) is 0 Å². The molecular formula is C17H19BrN4O2. The highest BCUT2D eigenvalue weighted by Crippen LogP contribution is 2.19. The number of rotatable bonds is 3. The normalized spacial score (nSPS) is 17.4. The molecule has 0 spiro atoms. The molecule has 2 heterocycles. The van der Waals surface area contributed by atoms with Gasteiger partial charge in [0.05, 0.1) is 11.0 Å². The number of aryl methyl sites for hydroxylation is 1. The number of ether oxygens (including phenoxy) is 1. The largest absolute Gasteiger partial charge is 0.458 e. The molecule has 1 N–H and O–H groups in total. The summed E-state index contributed by atoms with van der Waals surface area (Å²) in [7, 11) is 0. The van der Waals surface area contributed by atoms with E-state index in [-0.39, 0.29) is 12.1 Å². The second-order valence-electron chi connectivity index (χ2n) is 5.76.